The quantitative estimate of drug-likeness (QED) is 0.477. The third-order valence-electron chi connectivity index (χ3n) is 4.74. The third-order valence-corrected chi connectivity index (χ3v) is 4.74. The molecule has 0 saturated carbocycles. The smallest absolute Gasteiger partial charge is 0.122 e. The highest BCUT2D eigenvalue weighted by Gasteiger charge is 2.14. The van der Waals surface area contributed by atoms with E-state index >= 15 is 0 Å². The molecule has 0 spiro atoms. The number of aliphatic hydroxyl groups is 1. The fraction of sp³-hybridized carbons (Fsp3) is 0.231. The van der Waals surface area contributed by atoms with E-state index in [0.29, 0.717) is 6.54 Å². The molecule has 0 bridgehead atoms. The fourth-order valence-corrected chi connectivity index (χ4v) is 3.37. The van der Waals surface area contributed by atoms with Crippen LogP contribution in [0.5, 0.6) is 5.75 Å². The summed E-state index contributed by atoms with van der Waals surface area (Å²) in [5.74, 6) is 0.809. The molecule has 0 aromatic heterocycles. The van der Waals surface area contributed by atoms with Crippen LogP contribution in [-0.2, 0) is 19.5 Å². The van der Waals surface area contributed by atoms with Gasteiger partial charge in [0.15, 0.2) is 0 Å². The topological polar surface area (TPSA) is 32.7 Å². The Balaban J connectivity index is 1.62. The first-order valence-corrected chi connectivity index (χ1v) is 10.0. The first-order chi connectivity index (χ1) is 14.2. The monoisotopic (exact) mass is 387 g/mol. The van der Waals surface area contributed by atoms with Crippen molar-refractivity contribution in [1.29, 1.82) is 0 Å². The molecule has 0 amide bonds. The van der Waals surface area contributed by atoms with Gasteiger partial charge in [0.25, 0.3) is 0 Å². The minimum atomic E-state index is -0.584. The third kappa shape index (κ3) is 6.90. The Morgan fingerprint density at radius 1 is 0.828 bits per heavy atom. The summed E-state index contributed by atoms with van der Waals surface area (Å²) in [6, 6.07) is 28.6. The molecule has 0 aliphatic carbocycles. The van der Waals surface area contributed by atoms with Crippen LogP contribution < -0.4 is 4.74 Å². The number of rotatable bonds is 11. The summed E-state index contributed by atoms with van der Waals surface area (Å²) in [5.41, 5.74) is 3.54. The van der Waals surface area contributed by atoms with E-state index in [2.05, 4.69) is 35.7 Å². The van der Waals surface area contributed by atoms with Crippen molar-refractivity contribution in [2.24, 2.45) is 0 Å². The number of ether oxygens (including phenoxy) is 1. The largest absolute Gasteiger partial charge is 0.491 e. The summed E-state index contributed by atoms with van der Waals surface area (Å²) in [7, 11) is 0. The van der Waals surface area contributed by atoms with E-state index in [-0.39, 0.29) is 6.61 Å². The molecule has 0 radical (unpaired) electrons. The Bertz CT molecular complexity index is 823. The van der Waals surface area contributed by atoms with Gasteiger partial charge in [-0.05, 0) is 29.2 Å². The standard InChI is InChI=1S/C26H29NO2/c1-2-11-24-16-9-10-17-26(24)29-21-25(28)20-27(18-22-12-5-3-6-13-22)19-23-14-7-4-8-15-23/h2-10,12-17,25,28H,1,11,18-21H2. The molecule has 0 fully saturated rings. The molecule has 1 unspecified atom stereocenters. The molecule has 0 aliphatic rings. The van der Waals surface area contributed by atoms with Gasteiger partial charge >= 0.3 is 0 Å². The molecule has 3 aromatic carbocycles. The van der Waals surface area contributed by atoms with Crippen LogP contribution in [0.3, 0.4) is 0 Å². The van der Waals surface area contributed by atoms with Crippen LogP contribution in [0.4, 0.5) is 0 Å². The Morgan fingerprint density at radius 2 is 1.38 bits per heavy atom. The summed E-state index contributed by atoms with van der Waals surface area (Å²) < 4.78 is 5.93. The Labute approximate surface area is 173 Å². The molecule has 0 heterocycles. The number of benzene rings is 3. The molecule has 1 N–H and O–H groups in total. The molecular weight excluding hydrogens is 358 g/mol. The SMILES string of the molecule is C=CCc1ccccc1OCC(O)CN(Cc1ccccc1)Cc1ccccc1. The van der Waals surface area contributed by atoms with E-state index in [0.717, 1.165) is 30.8 Å². The molecule has 0 saturated heterocycles. The average Bonchev–Trinajstić information content (AvgIpc) is 2.75. The van der Waals surface area contributed by atoms with E-state index in [4.69, 9.17) is 4.74 Å². The van der Waals surface area contributed by atoms with E-state index in [1.54, 1.807) is 0 Å². The van der Waals surface area contributed by atoms with Crippen LogP contribution in [0, 0.1) is 0 Å². The average molecular weight is 388 g/mol. The van der Waals surface area contributed by atoms with Crippen molar-refractivity contribution >= 4 is 0 Å². The van der Waals surface area contributed by atoms with Gasteiger partial charge in [0.05, 0.1) is 0 Å². The zero-order chi connectivity index (χ0) is 20.3. The predicted octanol–water partition coefficient (Wildman–Crippen LogP) is 4.86. The summed E-state index contributed by atoms with van der Waals surface area (Å²) in [4.78, 5) is 2.26. The normalized spacial score (nSPS) is 11.9. The van der Waals surface area contributed by atoms with Crippen molar-refractivity contribution in [2.75, 3.05) is 13.2 Å². The molecule has 3 rings (SSSR count). The fourth-order valence-electron chi connectivity index (χ4n) is 3.37. The van der Waals surface area contributed by atoms with Crippen LogP contribution in [0.2, 0.25) is 0 Å². The maximum absolute atomic E-state index is 10.7. The van der Waals surface area contributed by atoms with Crippen molar-refractivity contribution in [3.05, 3.63) is 114 Å². The van der Waals surface area contributed by atoms with Gasteiger partial charge in [-0.2, -0.15) is 0 Å². The van der Waals surface area contributed by atoms with Gasteiger partial charge in [0.1, 0.15) is 18.5 Å². The van der Waals surface area contributed by atoms with Gasteiger partial charge in [-0.15, -0.1) is 6.58 Å². The summed E-state index contributed by atoms with van der Waals surface area (Å²) >= 11 is 0. The maximum Gasteiger partial charge on any atom is 0.122 e. The number of nitrogens with zero attached hydrogens (tertiary/aromatic N) is 1. The highest BCUT2D eigenvalue weighted by atomic mass is 16.5. The minimum Gasteiger partial charge on any atom is -0.491 e. The number of allylic oxidation sites excluding steroid dienone is 1. The molecule has 3 aromatic rings. The van der Waals surface area contributed by atoms with E-state index in [1.807, 2.05) is 66.7 Å². The molecule has 3 heteroatoms. The van der Waals surface area contributed by atoms with Gasteiger partial charge in [-0.1, -0.05) is 84.9 Å². The number of aliphatic hydroxyl groups excluding tert-OH is 1. The van der Waals surface area contributed by atoms with Crippen molar-refractivity contribution in [3.8, 4) is 5.75 Å². The van der Waals surface area contributed by atoms with Gasteiger partial charge < -0.3 is 9.84 Å². The van der Waals surface area contributed by atoms with Crippen LogP contribution >= 0.6 is 0 Å². The maximum atomic E-state index is 10.7. The zero-order valence-electron chi connectivity index (χ0n) is 16.8. The van der Waals surface area contributed by atoms with E-state index in [1.165, 1.54) is 11.1 Å². The molecule has 150 valence electrons. The van der Waals surface area contributed by atoms with Crippen molar-refractivity contribution in [1.82, 2.24) is 4.90 Å². The lowest BCUT2D eigenvalue weighted by Crippen LogP contribution is -2.35. The highest BCUT2D eigenvalue weighted by Crippen LogP contribution is 2.19. The second kappa shape index (κ2) is 11.2. The molecule has 0 aliphatic heterocycles. The van der Waals surface area contributed by atoms with Gasteiger partial charge in [0, 0.05) is 19.6 Å². The zero-order valence-corrected chi connectivity index (χ0v) is 16.8. The molecule has 29 heavy (non-hydrogen) atoms. The van der Waals surface area contributed by atoms with Crippen LogP contribution in [0.1, 0.15) is 16.7 Å². The summed E-state index contributed by atoms with van der Waals surface area (Å²) in [5, 5.41) is 10.7. The van der Waals surface area contributed by atoms with Gasteiger partial charge in [-0.3, -0.25) is 4.90 Å². The number of hydrogen-bond donors (Lipinski definition) is 1. The minimum absolute atomic E-state index is 0.258. The van der Waals surface area contributed by atoms with Crippen LogP contribution in [0.15, 0.2) is 97.6 Å². The van der Waals surface area contributed by atoms with Crippen molar-refractivity contribution in [2.45, 2.75) is 25.6 Å². The highest BCUT2D eigenvalue weighted by molar-refractivity contribution is 5.34. The lowest BCUT2D eigenvalue weighted by atomic mass is 10.1. The Kier molecular flexibility index (Phi) is 8.05. The predicted molar refractivity (Wildman–Crippen MR) is 119 cm³/mol. The van der Waals surface area contributed by atoms with E-state index in [9.17, 15) is 5.11 Å². The van der Waals surface area contributed by atoms with E-state index < -0.39 is 6.10 Å². The van der Waals surface area contributed by atoms with Crippen molar-refractivity contribution < 1.29 is 9.84 Å². The molecule has 3 nitrogen and oxygen atoms in total. The Morgan fingerprint density at radius 3 is 1.97 bits per heavy atom. The molecule has 1 atom stereocenters. The van der Waals surface area contributed by atoms with Crippen LogP contribution in [0.25, 0.3) is 0 Å². The van der Waals surface area contributed by atoms with Gasteiger partial charge in [-0.25, -0.2) is 0 Å². The first-order valence-electron chi connectivity index (χ1n) is 10.0. The lowest BCUT2D eigenvalue weighted by Gasteiger charge is -2.25. The second-order valence-electron chi connectivity index (χ2n) is 7.21. The molecular formula is C26H29NO2. The second-order valence-corrected chi connectivity index (χ2v) is 7.21. The van der Waals surface area contributed by atoms with Crippen molar-refractivity contribution in [3.63, 3.8) is 0 Å². The number of hydrogen-bond acceptors (Lipinski definition) is 3. The van der Waals surface area contributed by atoms with Crippen LogP contribution in [-0.4, -0.2) is 29.3 Å². The summed E-state index contributed by atoms with van der Waals surface area (Å²) in [6.07, 6.45) is 2.03. The lowest BCUT2D eigenvalue weighted by molar-refractivity contribution is 0.0626. The van der Waals surface area contributed by atoms with Gasteiger partial charge in [0.2, 0.25) is 0 Å². The first kappa shape index (κ1) is 20.8. The Hall–Kier alpha value is -2.88. The summed E-state index contributed by atoms with van der Waals surface area (Å²) in [6.45, 7) is 6.15. The number of para-hydroxylation sites is 1.